The van der Waals surface area contributed by atoms with Crippen LogP contribution in [0.25, 0.3) is 0 Å². The first-order valence-corrected chi connectivity index (χ1v) is 17.2. The molecule has 0 amide bonds. The minimum atomic E-state index is -1.30. The average molecular weight is 679 g/mol. The Morgan fingerprint density at radius 1 is 1.06 bits per heavy atom. The summed E-state index contributed by atoms with van der Waals surface area (Å²) in [5, 5.41) is 23.0. The van der Waals surface area contributed by atoms with Crippen LogP contribution < -0.4 is 0 Å². The predicted octanol–water partition coefficient (Wildman–Crippen LogP) is 5.92. The summed E-state index contributed by atoms with van der Waals surface area (Å²) in [6.07, 6.45) is 5.79. The van der Waals surface area contributed by atoms with Gasteiger partial charge < -0.3 is 38.6 Å². The topological polar surface area (TPSA) is 130 Å². The number of methoxy groups -OCH3 is 3. The molecule has 1 saturated heterocycles. The van der Waals surface area contributed by atoms with Gasteiger partial charge in [-0.1, -0.05) is 83.9 Å². The number of hydrogen-bond acceptors (Lipinski definition) is 10. The maximum Gasteiger partial charge on any atom is 0.373 e. The highest BCUT2D eigenvalue weighted by Gasteiger charge is 2.54. The van der Waals surface area contributed by atoms with Crippen LogP contribution in [0.2, 0.25) is 0 Å². The quantitative estimate of drug-likeness (QED) is 0.284. The smallest absolute Gasteiger partial charge is 0.373 e. The minimum absolute atomic E-state index is 0.00564. The van der Waals surface area contributed by atoms with Gasteiger partial charge in [-0.05, 0) is 38.2 Å². The molecule has 2 aliphatic heterocycles. The SMILES string of the molecule is CO/C1=C\C(C)=C\[C@@H](C)[C@@H](O)[C@@H](C)C/C(C)=C/C=C/[C@H](OC)[C@@H]([C@@H](C)[C@@H](O)[C@H](C)[C@@]2(OC)C[C@@H](OC(C)=O)[C@H](C)[C@@H](C(C)C)O2)OC1=O. The van der Waals surface area contributed by atoms with E-state index >= 15 is 0 Å². The predicted molar refractivity (Wildman–Crippen MR) is 184 cm³/mol. The number of carbonyl (C=O) groups excluding carboxylic acids is 2. The number of hydrogen-bond donors (Lipinski definition) is 2. The first-order valence-electron chi connectivity index (χ1n) is 17.2. The molecule has 2 heterocycles. The number of carbonyl (C=O) groups is 2. The molecule has 0 bridgehead atoms. The van der Waals surface area contributed by atoms with Crippen molar-refractivity contribution in [3.8, 4) is 0 Å². The molecule has 0 aromatic heterocycles. The summed E-state index contributed by atoms with van der Waals surface area (Å²) in [6.45, 7) is 18.9. The molecule has 0 unspecified atom stereocenters. The van der Waals surface area contributed by atoms with Crippen LogP contribution in [0.4, 0.5) is 0 Å². The van der Waals surface area contributed by atoms with E-state index in [9.17, 15) is 19.8 Å². The Hall–Kier alpha value is -2.50. The Balaban J connectivity index is 2.59. The fraction of sp³-hybridized carbons (Fsp3) is 0.737. The molecule has 2 aliphatic rings. The van der Waals surface area contributed by atoms with Gasteiger partial charge >= 0.3 is 11.9 Å². The third-order valence-corrected chi connectivity index (χ3v) is 10.1. The molecule has 0 aromatic rings. The van der Waals surface area contributed by atoms with Crippen molar-refractivity contribution in [2.45, 2.75) is 124 Å². The van der Waals surface area contributed by atoms with Gasteiger partial charge in [0.25, 0.3) is 0 Å². The van der Waals surface area contributed by atoms with Gasteiger partial charge in [0, 0.05) is 51.2 Å². The molecule has 12 atom stereocenters. The largest absolute Gasteiger partial charge is 0.490 e. The van der Waals surface area contributed by atoms with Crippen LogP contribution in [0, 0.1) is 35.5 Å². The van der Waals surface area contributed by atoms with Crippen molar-refractivity contribution in [3.05, 3.63) is 47.3 Å². The van der Waals surface area contributed by atoms with E-state index in [1.807, 2.05) is 73.6 Å². The molecule has 48 heavy (non-hydrogen) atoms. The summed E-state index contributed by atoms with van der Waals surface area (Å²) in [4.78, 5) is 25.7. The van der Waals surface area contributed by atoms with Gasteiger partial charge in [-0.25, -0.2) is 4.79 Å². The Bertz CT molecular complexity index is 1190. The number of rotatable bonds is 9. The maximum atomic E-state index is 13.7. The van der Waals surface area contributed by atoms with Crippen LogP contribution in [-0.4, -0.2) is 85.9 Å². The van der Waals surface area contributed by atoms with E-state index in [1.165, 1.54) is 28.3 Å². The molecular weight excluding hydrogens is 616 g/mol. The molecule has 0 radical (unpaired) electrons. The van der Waals surface area contributed by atoms with Crippen molar-refractivity contribution >= 4 is 11.9 Å². The Morgan fingerprint density at radius 3 is 2.25 bits per heavy atom. The number of aliphatic hydroxyl groups is 2. The second-order valence-electron chi connectivity index (χ2n) is 14.3. The highest BCUT2D eigenvalue weighted by Crippen LogP contribution is 2.44. The van der Waals surface area contributed by atoms with Crippen LogP contribution in [0.3, 0.4) is 0 Å². The lowest BCUT2D eigenvalue weighted by Crippen LogP contribution is -2.60. The zero-order valence-electron chi connectivity index (χ0n) is 31.4. The van der Waals surface area contributed by atoms with Gasteiger partial charge in [0.05, 0.1) is 25.4 Å². The van der Waals surface area contributed by atoms with E-state index in [2.05, 4.69) is 0 Å². The van der Waals surface area contributed by atoms with Crippen molar-refractivity contribution in [2.75, 3.05) is 21.3 Å². The fourth-order valence-electron chi connectivity index (χ4n) is 7.18. The lowest BCUT2D eigenvalue weighted by atomic mass is 9.76. The molecule has 0 spiro atoms. The van der Waals surface area contributed by atoms with Crippen molar-refractivity contribution in [3.63, 3.8) is 0 Å². The molecule has 0 saturated carbocycles. The van der Waals surface area contributed by atoms with Crippen molar-refractivity contribution in [1.29, 1.82) is 0 Å². The number of aliphatic hydroxyl groups excluding tert-OH is 2. The van der Waals surface area contributed by atoms with Crippen molar-refractivity contribution in [2.24, 2.45) is 35.5 Å². The molecule has 0 aliphatic carbocycles. The summed E-state index contributed by atoms with van der Waals surface area (Å²) in [6, 6.07) is 0. The second kappa shape index (κ2) is 18.5. The van der Waals surface area contributed by atoms with Gasteiger partial charge in [0.15, 0.2) is 5.79 Å². The van der Waals surface area contributed by atoms with E-state index in [4.69, 9.17) is 28.4 Å². The van der Waals surface area contributed by atoms with Crippen LogP contribution >= 0.6 is 0 Å². The van der Waals surface area contributed by atoms with Gasteiger partial charge in [0.2, 0.25) is 5.76 Å². The first-order chi connectivity index (χ1) is 22.4. The summed E-state index contributed by atoms with van der Waals surface area (Å²) in [7, 11) is 4.44. The molecular formula is C38H62O10. The van der Waals surface area contributed by atoms with E-state index in [0.717, 1.165) is 11.1 Å². The molecule has 2 N–H and O–H groups in total. The lowest BCUT2D eigenvalue weighted by molar-refractivity contribution is -0.339. The molecule has 10 nitrogen and oxygen atoms in total. The monoisotopic (exact) mass is 678 g/mol. The first kappa shape index (κ1) is 41.7. The van der Waals surface area contributed by atoms with Gasteiger partial charge in [0.1, 0.15) is 18.3 Å². The van der Waals surface area contributed by atoms with E-state index in [0.29, 0.717) is 6.42 Å². The Labute approximate surface area is 288 Å². The van der Waals surface area contributed by atoms with Crippen LogP contribution in [-0.2, 0) is 38.0 Å². The zero-order valence-corrected chi connectivity index (χ0v) is 31.4. The van der Waals surface area contributed by atoms with Gasteiger partial charge in [-0.3, -0.25) is 4.79 Å². The highest BCUT2D eigenvalue weighted by molar-refractivity contribution is 5.87. The van der Waals surface area contributed by atoms with Gasteiger partial charge in [-0.2, -0.15) is 0 Å². The van der Waals surface area contributed by atoms with E-state index in [-0.39, 0.29) is 42.0 Å². The number of ether oxygens (including phenoxy) is 6. The third-order valence-electron chi connectivity index (χ3n) is 10.1. The fourth-order valence-corrected chi connectivity index (χ4v) is 7.18. The number of esters is 2. The maximum absolute atomic E-state index is 13.7. The zero-order chi connectivity index (χ0) is 36.5. The van der Waals surface area contributed by atoms with Crippen LogP contribution in [0.5, 0.6) is 0 Å². The lowest BCUT2D eigenvalue weighted by Gasteiger charge is -2.51. The standard InChI is InChI=1S/C38H62O10/c1-21(2)35-26(7)32(46-29(10)39)20-38(45-13,48-35)28(9)34(41)27(8)36-30(43-11)16-14-15-22(3)17-24(5)33(40)25(6)18-23(4)19-31(44-12)37(42)47-36/h14-16,18-19,21,24-28,30,32-36,40-41H,17,20H2,1-13H3/b16-14+,22-15+,23-18+,31-19-/t24-,25+,26-,27-,28-,30-,32+,33-,34+,35+,36+,38+/m0/s1. The molecule has 274 valence electrons. The third kappa shape index (κ3) is 10.5. The average Bonchev–Trinajstić information content (AvgIpc) is 3.03. The molecule has 2 rings (SSSR count). The molecule has 1 fully saturated rings. The highest BCUT2D eigenvalue weighted by atomic mass is 16.7. The summed E-state index contributed by atoms with van der Waals surface area (Å²) in [5.41, 5.74) is 1.80. The van der Waals surface area contributed by atoms with Gasteiger partial charge in [-0.15, -0.1) is 0 Å². The number of allylic oxidation sites excluding steroid dienone is 5. The molecule has 10 heteroatoms. The van der Waals surface area contributed by atoms with E-state index in [1.54, 1.807) is 19.1 Å². The Kier molecular flexibility index (Phi) is 16.0. The summed E-state index contributed by atoms with van der Waals surface area (Å²) >= 11 is 0. The molecule has 0 aromatic carbocycles. The van der Waals surface area contributed by atoms with Crippen molar-refractivity contribution in [1.82, 2.24) is 0 Å². The minimum Gasteiger partial charge on any atom is -0.490 e. The van der Waals surface area contributed by atoms with Crippen LogP contribution in [0.15, 0.2) is 47.3 Å². The summed E-state index contributed by atoms with van der Waals surface area (Å²) < 4.78 is 35.9. The normalized spacial score (nSPS) is 38.6. The Morgan fingerprint density at radius 2 is 1.71 bits per heavy atom. The summed E-state index contributed by atoms with van der Waals surface area (Å²) in [5.74, 6) is -3.98. The van der Waals surface area contributed by atoms with E-state index < -0.39 is 60.1 Å². The second-order valence-corrected chi connectivity index (χ2v) is 14.3. The van der Waals surface area contributed by atoms with Crippen LogP contribution in [0.1, 0.15) is 82.1 Å². The van der Waals surface area contributed by atoms with Crippen molar-refractivity contribution < 1.29 is 48.2 Å². The number of cyclic esters (lactones) is 1.